The van der Waals surface area contributed by atoms with Crippen molar-refractivity contribution in [2.24, 2.45) is 0 Å². The zero-order valence-corrected chi connectivity index (χ0v) is 19.4. The van der Waals surface area contributed by atoms with Crippen LogP contribution >= 0.6 is 11.3 Å². The lowest BCUT2D eigenvalue weighted by Crippen LogP contribution is -2.47. The number of methoxy groups -OCH3 is 1. The summed E-state index contributed by atoms with van der Waals surface area (Å²) in [5.74, 6) is 1.85. The standard InChI is InChI=1S/C24H27N3O5S/c1-29-17-7-8-22-18(15-17)25-24(33-22)27(10-4-9-26-11-13-30-14-12-26)23(28)21-16-31-19-5-2-3-6-20(19)32-21/h2-3,5-8,15,21H,4,9-14,16H2,1H3. The normalized spacial score (nSPS) is 18.3. The summed E-state index contributed by atoms with van der Waals surface area (Å²) < 4.78 is 23.6. The Bertz CT molecular complexity index is 1110. The largest absolute Gasteiger partial charge is 0.497 e. The van der Waals surface area contributed by atoms with Crippen molar-refractivity contribution in [2.75, 3.05) is 58.0 Å². The predicted molar refractivity (Wildman–Crippen MR) is 127 cm³/mol. The summed E-state index contributed by atoms with van der Waals surface area (Å²) in [6, 6.07) is 13.2. The number of nitrogens with zero attached hydrogens (tertiary/aromatic N) is 3. The van der Waals surface area contributed by atoms with Gasteiger partial charge in [-0.1, -0.05) is 23.5 Å². The molecule has 174 valence electrons. The highest BCUT2D eigenvalue weighted by atomic mass is 32.1. The van der Waals surface area contributed by atoms with Gasteiger partial charge in [-0.2, -0.15) is 0 Å². The number of carbonyl (C=O) groups excluding carboxylic acids is 1. The Morgan fingerprint density at radius 2 is 2.03 bits per heavy atom. The van der Waals surface area contributed by atoms with Gasteiger partial charge < -0.3 is 18.9 Å². The number of morpholine rings is 1. The molecule has 1 atom stereocenters. The summed E-state index contributed by atoms with van der Waals surface area (Å²) in [6.45, 7) is 4.99. The zero-order valence-electron chi connectivity index (χ0n) is 18.6. The minimum Gasteiger partial charge on any atom is -0.497 e. The van der Waals surface area contributed by atoms with Gasteiger partial charge in [-0.3, -0.25) is 14.6 Å². The van der Waals surface area contributed by atoms with Gasteiger partial charge in [-0.05, 0) is 30.7 Å². The van der Waals surface area contributed by atoms with Crippen LogP contribution in [0, 0.1) is 0 Å². The van der Waals surface area contributed by atoms with Gasteiger partial charge in [0.25, 0.3) is 5.91 Å². The van der Waals surface area contributed by atoms with Crippen molar-refractivity contribution < 1.29 is 23.7 Å². The number of benzene rings is 2. The summed E-state index contributed by atoms with van der Waals surface area (Å²) in [6.07, 6.45) is 0.111. The van der Waals surface area contributed by atoms with Crippen molar-refractivity contribution in [1.82, 2.24) is 9.88 Å². The summed E-state index contributed by atoms with van der Waals surface area (Å²) in [5, 5.41) is 0.660. The van der Waals surface area contributed by atoms with Gasteiger partial charge in [-0.15, -0.1) is 0 Å². The lowest BCUT2D eigenvalue weighted by molar-refractivity contribution is -0.127. The van der Waals surface area contributed by atoms with Crippen molar-refractivity contribution in [1.29, 1.82) is 0 Å². The number of carbonyl (C=O) groups is 1. The highest BCUT2D eigenvalue weighted by molar-refractivity contribution is 7.22. The highest BCUT2D eigenvalue weighted by Gasteiger charge is 2.33. The molecule has 33 heavy (non-hydrogen) atoms. The average molecular weight is 470 g/mol. The molecule has 9 heteroatoms. The van der Waals surface area contributed by atoms with Crippen LogP contribution < -0.4 is 19.1 Å². The molecule has 1 fully saturated rings. The number of amides is 1. The van der Waals surface area contributed by atoms with E-state index < -0.39 is 6.10 Å². The first-order valence-electron chi connectivity index (χ1n) is 11.2. The van der Waals surface area contributed by atoms with Crippen molar-refractivity contribution in [2.45, 2.75) is 12.5 Å². The van der Waals surface area contributed by atoms with E-state index in [1.54, 1.807) is 12.0 Å². The van der Waals surface area contributed by atoms with Crippen LogP contribution in [0.25, 0.3) is 10.2 Å². The van der Waals surface area contributed by atoms with E-state index >= 15 is 0 Å². The van der Waals surface area contributed by atoms with Crippen molar-refractivity contribution >= 4 is 32.6 Å². The first-order valence-corrected chi connectivity index (χ1v) is 12.0. The topological polar surface area (TPSA) is 73.4 Å². The first kappa shape index (κ1) is 21.9. The molecule has 1 unspecified atom stereocenters. The maximum absolute atomic E-state index is 13.6. The minimum absolute atomic E-state index is 0.141. The van der Waals surface area contributed by atoms with Crippen molar-refractivity contribution in [3.8, 4) is 17.2 Å². The Balaban J connectivity index is 1.36. The van der Waals surface area contributed by atoms with Crippen LogP contribution in [-0.4, -0.2) is 75.0 Å². The van der Waals surface area contributed by atoms with Crippen LogP contribution in [0.2, 0.25) is 0 Å². The number of aromatic nitrogens is 1. The lowest BCUT2D eigenvalue weighted by atomic mass is 10.2. The maximum Gasteiger partial charge on any atom is 0.273 e. The molecule has 0 radical (unpaired) electrons. The van der Waals surface area contributed by atoms with Crippen molar-refractivity contribution in [3.63, 3.8) is 0 Å². The summed E-state index contributed by atoms with van der Waals surface area (Å²) in [5.41, 5.74) is 0.812. The third-order valence-electron chi connectivity index (χ3n) is 5.82. The molecule has 8 nitrogen and oxygen atoms in total. The molecular formula is C24H27N3O5S. The molecule has 3 heterocycles. The SMILES string of the molecule is COc1ccc2sc(N(CCCN3CCOCC3)C(=O)C3COc4ccccc4O3)nc2c1. The average Bonchev–Trinajstić information content (AvgIpc) is 3.29. The smallest absolute Gasteiger partial charge is 0.273 e. The van der Waals surface area contributed by atoms with E-state index in [-0.39, 0.29) is 12.5 Å². The Kier molecular flexibility index (Phi) is 6.61. The van der Waals surface area contributed by atoms with Gasteiger partial charge in [0, 0.05) is 32.2 Å². The fraction of sp³-hybridized carbons (Fsp3) is 0.417. The summed E-state index contributed by atoms with van der Waals surface area (Å²) in [4.78, 5) is 22.5. The van der Waals surface area contributed by atoms with E-state index in [4.69, 9.17) is 23.9 Å². The van der Waals surface area contributed by atoms with Gasteiger partial charge in [0.15, 0.2) is 16.6 Å². The molecular weight excluding hydrogens is 442 g/mol. The number of ether oxygens (including phenoxy) is 4. The Morgan fingerprint density at radius 1 is 1.21 bits per heavy atom. The molecule has 2 aromatic carbocycles. The number of fused-ring (bicyclic) bond motifs is 2. The first-order chi connectivity index (χ1) is 16.2. The second kappa shape index (κ2) is 9.94. The molecule has 5 rings (SSSR count). The van der Waals surface area contributed by atoms with Crippen LogP contribution in [0.3, 0.4) is 0 Å². The van der Waals surface area contributed by atoms with Gasteiger partial charge in [0.1, 0.15) is 12.4 Å². The third-order valence-corrected chi connectivity index (χ3v) is 6.88. The van der Waals surface area contributed by atoms with Crippen LogP contribution in [-0.2, 0) is 9.53 Å². The Hall–Kier alpha value is -2.88. The number of thiazole rings is 1. The molecule has 2 aliphatic rings. The molecule has 0 spiro atoms. The number of rotatable bonds is 7. The fourth-order valence-corrected chi connectivity index (χ4v) is 5.01. The van der Waals surface area contributed by atoms with E-state index in [0.717, 1.165) is 55.2 Å². The monoisotopic (exact) mass is 469 g/mol. The Morgan fingerprint density at radius 3 is 2.85 bits per heavy atom. The minimum atomic E-state index is -0.718. The van der Waals surface area contributed by atoms with E-state index in [2.05, 4.69) is 4.90 Å². The van der Waals surface area contributed by atoms with Gasteiger partial charge >= 0.3 is 0 Å². The number of anilines is 1. The molecule has 0 saturated carbocycles. The second-order valence-corrected chi connectivity index (χ2v) is 9.00. The quantitative estimate of drug-likeness (QED) is 0.526. The number of hydrogen-bond donors (Lipinski definition) is 0. The summed E-state index contributed by atoms with van der Waals surface area (Å²) >= 11 is 1.50. The molecule has 0 N–H and O–H groups in total. The Labute approximate surface area is 196 Å². The van der Waals surface area contributed by atoms with E-state index in [0.29, 0.717) is 23.2 Å². The number of hydrogen-bond acceptors (Lipinski definition) is 8. The molecule has 1 saturated heterocycles. The second-order valence-electron chi connectivity index (χ2n) is 7.99. The van der Waals surface area contributed by atoms with Crippen molar-refractivity contribution in [3.05, 3.63) is 42.5 Å². The third kappa shape index (κ3) is 4.90. The molecule has 2 aliphatic heterocycles. The molecule has 0 bridgehead atoms. The van der Waals surface area contributed by atoms with Gasteiger partial charge in [-0.25, -0.2) is 4.98 Å². The zero-order chi connectivity index (χ0) is 22.6. The predicted octanol–water partition coefficient (Wildman–Crippen LogP) is 3.20. The van der Waals surface area contributed by atoms with E-state index in [9.17, 15) is 4.79 Å². The fourth-order valence-electron chi connectivity index (χ4n) is 4.03. The van der Waals surface area contributed by atoms with E-state index in [1.807, 2.05) is 42.5 Å². The van der Waals surface area contributed by atoms with Crippen LogP contribution in [0.1, 0.15) is 6.42 Å². The van der Waals surface area contributed by atoms with Crippen LogP contribution in [0.5, 0.6) is 17.2 Å². The molecule has 1 aromatic heterocycles. The summed E-state index contributed by atoms with van der Waals surface area (Å²) in [7, 11) is 1.63. The maximum atomic E-state index is 13.6. The lowest BCUT2D eigenvalue weighted by Gasteiger charge is -2.31. The van der Waals surface area contributed by atoms with E-state index in [1.165, 1.54) is 11.3 Å². The molecule has 0 aliphatic carbocycles. The van der Waals surface area contributed by atoms with Gasteiger partial charge in [0.05, 0.1) is 30.5 Å². The van der Waals surface area contributed by atoms with Crippen LogP contribution in [0.15, 0.2) is 42.5 Å². The molecule has 1 amide bonds. The molecule has 3 aromatic rings. The van der Waals surface area contributed by atoms with Crippen LogP contribution in [0.4, 0.5) is 5.13 Å². The van der Waals surface area contributed by atoms with Gasteiger partial charge in [0.2, 0.25) is 6.10 Å². The number of para-hydroxylation sites is 2. The highest BCUT2D eigenvalue weighted by Crippen LogP contribution is 2.34.